The highest BCUT2D eigenvalue weighted by atomic mass is 35.5. The smallest absolute Gasteiger partial charge is 0.220 e. The first-order chi connectivity index (χ1) is 11.6. The Kier molecular flexibility index (Phi) is 7.77. The van der Waals surface area contributed by atoms with Gasteiger partial charge in [0.1, 0.15) is 0 Å². The Balaban J connectivity index is 0.00000225. The van der Waals surface area contributed by atoms with Crippen molar-refractivity contribution >= 4 is 18.3 Å². The molecule has 1 aromatic rings. The molecule has 25 heavy (non-hydrogen) atoms. The van der Waals surface area contributed by atoms with Crippen LogP contribution in [0.4, 0.5) is 0 Å². The van der Waals surface area contributed by atoms with Crippen molar-refractivity contribution in [2.24, 2.45) is 11.8 Å². The Hall–Kier alpha value is -1.06. The molecule has 0 bridgehead atoms. The summed E-state index contributed by atoms with van der Waals surface area (Å²) >= 11 is 0. The molecule has 1 fully saturated rings. The summed E-state index contributed by atoms with van der Waals surface area (Å²) in [6.07, 6.45) is 8.07. The molecule has 1 aliphatic heterocycles. The quantitative estimate of drug-likeness (QED) is 0.822. The number of nitrogens with one attached hydrogen (secondary N) is 2. The van der Waals surface area contributed by atoms with Crippen LogP contribution in [0.25, 0.3) is 0 Å². The van der Waals surface area contributed by atoms with Gasteiger partial charge in [-0.1, -0.05) is 25.1 Å². The van der Waals surface area contributed by atoms with E-state index in [1.54, 1.807) is 0 Å². The molecule has 4 heteroatoms. The van der Waals surface area contributed by atoms with E-state index in [-0.39, 0.29) is 24.4 Å². The van der Waals surface area contributed by atoms with Crippen LogP contribution < -0.4 is 10.6 Å². The van der Waals surface area contributed by atoms with E-state index in [1.807, 2.05) is 0 Å². The lowest BCUT2D eigenvalue weighted by atomic mass is 9.84. The lowest BCUT2D eigenvalue weighted by Gasteiger charge is -2.28. The van der Waals surface area contributed by atoms with Gasteiger partial charge < -0.3 is 10.6 Å². The van der Waals surface area contributed by atoms with Crippen LogP contribution in [0, 0.1) is 11.8 Å². The van der Waals surface area contributed by atoms with E-state index in [0.717, 1.165) is 13.1 Å². The van der Waals surface area contributed by atoms with Crippen molar-refractivity contribution < 1.29 is 4.79 Å². The molecular formula is C21H33ClN2O. The normalized spacial score (nSPS) is 20.1. The minimum absolute atomic E-state index is 0. The third-order valence-electron chi connectivity index (χ3n) is 5.95. The fourth-order valence-electron chi connectivity index (χ4n) is 4.28. The van der Waals surface area contributed by atoms with Crippen molar-refractivity contribution in [2.75, 3.05) is 13.1 Å². The summed E-state index contributed by atoms with van der Waals surface area (Å²) in [5, 5.41) is 6.62. The van der Waals surface area contributed by atoms with Crippen molar-refractivity contribution in [3.8, 4) is 0 Å². The Bertz CT molecular complexity index is 569. The molecule has 3 nitrogen and oxygen atoms in total. The number of piperidine rings is 1. The number of carbonyl (C=O) groups excluding carboxylic acids is 1. The summed E-state index contributed by atoms with van der Waals surface area (Å²) in [5.41, 5.74) is 4.24. The molecule has 2 aliphatic rings. The number of aryl methyl sites for hydroxylation is 2. The van der Waals surface area contributed by atoms with Crippen molar-refractivity contribution in [3.63, 3.8) is 0 Å². The highest BCUT2D eigenvalue weighted by Crippen LogP contribution is 2.26. The lowest BCUT2D eigenvalue weighted by molar-refractivity contribution is -0.123. The second-order valence-corrected chi connectivity index (χ2v) is 7.79. The van der Waals surface area contributed by atoms with E-state index in [9.17, 15) is 4.79 Å². The maximum Gasteiger partial charge on any atom is 0.220 e. The van der Waals surface area contributed by atoms with E-state index in [0.29, 0.717) is 18.3 Å². The van der Waals surface area contributed by atoms with Crippen molar-refractivity contribution in [1.82, 2.24) is 10.6 Å². The minimum atomic E-state index is 0. The molecule has 1 heterocycles. The van der Waals surface area contributed by atoms with Gasteiger partial charge in [-0.15, -0.1) is 12.4 Å². The zero-order valence-corrected chi connectivity index (χ0v) is 16.5. The second kappa shape index (κ2) is 9.59. The number of hydrogen-bond acceptors (Lipinski definition) is 2. The SMILES string of the molecule is CC(NC(=O)CC(C)C1CCNCC1)c1ccc2c(c1)CCCC2.Cl. The van der Waals surface area contributed by atoms with Crippen LogP contribution >= 0.6 is 12.4 Å². The van der Waals surface area contributed by atoms with Gasteiger partial charge in [-0.2, -0.15) is 0 Å². The summed E-state index contributed by atoms with van der Waals surface area (Å²) in [7, 11) is 0. The van der Waals surface area contributed by atoms with Gasteiger partial charge in [0.05, 0.1) is 6.04 Å². The first-order valence-electron chi connectivity index (χ1n) is 9.75. The van der Waals surface area contributed by atoms with Gasteiger partial charge in [0.2, 0.25) is 5.91 Å². The third kappa shape index (κ3) is 5.46. The highest BCUT2D eigenvalue weighted by molar-refractivity contribution is 5.85. The van der Waals surface area contributed by atoms with Gasteiger partial charge in [-0.05, 0) is 87.1 Å². The fourth-order valence-corrected chi connectivity index (χ4v) is 4.28. The van der Waals surface area contributed by atoms with Gasteiger partial charge >= 0.3 is 0 Å². The predicted octanol–water partition coefficient (Wildman–Crippen LogP) is 4.19. The Morgan fingerprint density at radius 3 is 2.56 bits per heavy atom. The topological polar surface area (TPSA) is 41.1 Å². The number of halogens is 1. The van der Waals surface area contributed by atoms with Gasteiger partial charge in [0.15, 0.2) is 0 Å². The summed E-state index contributed by atoms with van der Waals surface area (Å²) in [6, 6.07) is 6.88. The Morgan fingerprint density at radius 1 is 1.16 bits per heavy atom. The molecule has 0 saturated carbocycles. The molecule has 0 radical (unpaired) electrons. The van der Waals surface area contributed by atoms with E-state index < -0.39 is 0 Å². The Labute approximate surface area is 158 Å². The number of rotatable bonds is 5. The highest BCUT2D eigenvalue weighted by Gasteiger charge is 2.23. The van der Waals surface area contributed by atoms with Crippen LogP contribution in [-0.4, -0.2) is 19.0 Å². The third-order valence-corrected chi connectivity index (χ3v) is 5.95. The molecule has 2 N–H and O–H groups in total. The molecule has 1 saturated heterocycles. The largest absolute Gasteiger partial charge is 0.350 e. The van der Waals surface area contributed by atoms with Crippen LogP contribution in [0.5, 0.6) is 0 Å². The number of hydrogen-bond donors (Lipinski definition) is 2. The number of amides is 1. The van der Waals surface area contributed by atoms with Crippen molar-refractivity contribution in [2.45, 2.75) is 64.8 Å². The summed E-state index contributed by atoms with van der Waals surface area (Å²) in [6.45, 7) is 6.54. The van der Waals surface area contributed by atoms with Crippen LogP contribution in [0.15, 0.2) is 18.2 Å². The average Bonchev–Trinajstić information content (AvgIpc) is 2.61. The monoisotopic (exact) mass is 364 g/mol. The maximum atomic E-state index is 12.4. The van der Waals surface area contributed by atoms with Gasteiger partial charge in [-0.3, -0.25) is 4.79 Å². The molecule has 1 aliphatic carbocycles. The molecule has 140 valence electrons. The zero-order valence-electron chi connectivity index (χ0n) is 15.6. The average molecular weight is 365 g/mol. The van der Waals surface area contributed by atoms with E-state index >= 15 is 0 Å². The predicted molar refractivity (Wildman–Crippen MR) is 106 cm³/mol. The minimum Gasteiger partial charge on any atom is -0.350 e. The molecule has 2 unspecified atom stereocenters. The molecule has 0 spiro atoms. The van der Waals surface area contributed by atoms with Crippen LogP contribution in [-0.2, 0) is 17.6 Å². The van der Waals surface area contributed by atoms with E-state index in [2.05, 4.69) is 42.7 Å². The fraction of sp³-hybridized carbons (Fsp3) is 0.667. The Morgan fingerprint density at radius 2 is 1.84 bits per heavy atom. The van der Waals surface area contributed by atoms with Crippen LogP contribution in [0.3, 0.4) is 0 Å². The van der Waals surface area contributed by atoms with Gasteiger partial charge in [0.25, 0.3) is 0 Å². The first-order valence-corrected chi connectivity index (χ1v) is 9.75. The molecule has 1 amide bonds. The standard InChI is InChI=1S/C21H32N2O.ClH/c1-15(17-9-11-22-12-10-17)13-21(24)23-16(2)19-8-7-18-5-3-4-6-20(18)14-19;/h7-8,14-17,22H,3-6,9-13H2,1-2H3,(H,23,24);1H. The molecule has 0 aromatic heterocycles. The van der Waals surface area contributed by atoms with E-state index in [1.165, 1.54) is 55.2 Å². The number of fused-ring (bicyclic) bond motifs is 1. The van der Waals surface area contributed by atoms with Crippen molar-refractivity contribution in [1.29, 1.82) is 0 Å². The maximum absolute atomic E-state index is 12.4. The number of benzene rings is 1. The van der Waals surface area contributed by atoms with Gasteiger partial charge in [0, 0.05) is 6.42 Å². The van der Waals surface area contributed by atoms with E-state index in [4.69, 9.17) is 0 Å². The van der Waals surface area contributed by atoms with Crippen LogP contribution in [0.1, 0.15) is 68.7 Å². The lowest BCUT2D eigenvalue weighted by Crippen LogP contribution is -2.34. The van der Waals surface area contributed by atoms with Gasteiger partial charge in [-0.25, -0.2) is 0 Å². The summed E-state index contributed by atoms with van der Waals surface area (Å²) < 4.78 is 0. The van der Waals surface area contributed by atoms with Crippen molar-refractivity contribution in [3.05, 3.63) is 34.9 Å². The number of carbonyl (C=O) groups is 1. The summed E-state index contributed by atoms with van der Waals surface area (Å²) in [5.74, 6) is 1.37. The van der Waals surface area contributed by atoms with Crippen LogP contribution in [0.2, 0.25) is 0 Å². The molecule has 2 atom stereocenters. The first kappa shape index (κ1) is 20.3. The molecule has 1 aromatic carbocycles. The zero-order chi connectivity index (χ0) is 16.9. The molecule has 3 rings (SSSR count). The second-order valence-electron chi connectivity index (χ2n) is 7.79. The molecular weight excluding hydrogens is 332 g/mol. The summed E-state index contributed by atoms with van der Waals surface area (Å²) in [4.78, 5) is 12.4.